The normalized spacial score (nSPS) is 9.50. The van der Waals surface area contributed by atoms with Crippen molar-refractivity contribution in [2.45, 2.75) is 6.61 Å². The molecule has 1 aromatic rings. The monoisotopic (exact) mass is 220 g/mol. The van der Waals surface area contributed by atoms with Crippen LogP contribution in [0, 0.1) is 12.3 Å². The van der Waals surface area contributed by atoms with Crippen LogP contribution in [0.1, 0.15) is 15.9 Å². The van der Waals surface area contributed by atoms with Gasteiger partial charge in [0.05, 0.1) is 13.7 Å². The zero-order valence-corrected chi connectivity index (χ0v) is 8.90. The van der Waals surface area contributed by atoms with Crippen molar-refractivity contribution in [2.75, 3.05) is 13.7 Å². The highest BCUT2D eigenvalue weighted by molar-refractivity contribution is 5.90. The predicted molar refractivity (Wildman–Crippen MR) is 58.4 cm³/mol. The van der Waals surface area contributed by atoms with Crippen LogP contribution in [0.5, 0.6) is 5.75 Å². The number of rotatable bonds is 5. The summed E-state index contributed by atoms with van der Waals surface area (Å²) < 4.78 is 10.1. The molecule has 4 heteroatoms. The third-order valence-corrected chi connectivity index (χ3v) is 1.95. The molecule has 0 fully saturated rings. The third kappa shape index (κ3) is 3.01. The molecule has 0 heterocycles. The van der Waals surface area contributed by atoms with Crippen molar-refractivity contribution in [3.8, 4) is 18.1 Å². The molecule has 0 amide bonds. The van der Waals surface area contributed by atoms with Crippen molar-refractivity contribution >= 4 is 5.97 Å². The predicted octanol–water partition coefficient (Wildman–Crippen LogP) is 1.54. The maximum absolute atomic E-state index is 10.8. The van der Waals surface area contributed by atoms with Gasteiger partial charge in [0.15, 0.2) is 0 Å². The second-order valence-electron chi connectivity index (χ2n) is 3.04. The minimum Gasteiger partial charge on any atom is -0.496 e. The summed E-state index contributed by atoms with van der Waals surface area (Å²) in [5.41, 5.74) is 0.945. The Morgan fingerprint density at radius 2 is 2.31 bits per heavy atom. The molecule has 0 bridgehead atoms. The minimum atomic E-state index is -1.02. The number of hydrogen-bond donors (Lipinski definition) is 1. The lowest BCUT2D eigenvalue weighted by Gasteiger charge is -2.07. The molecule has 0 aliphatic rings. The van der Waals surface area contributed by atoms with E-state index in [1.54, 1.807) is 12.1 Å². The fourth-order valence-corrected chi connectivity index (χ4v) is 1.23. The van der Waals surface area contributed by atoms with Gasteiger partial charge in [-0.15, -0.1) is 6.42 Å². The molecule has 0 spiro atoms. The highest BCUT2D eigenvalue weighted by Crippen LogP contribution is 2.20. The quantitative estimate of drug-likeness (QED) is 0.604. The standard InChI is InChI=1S/C12H12O4/c1-3-6-16-8-9-4-5-10(12(13)14)11(7-9)15-2/h1,4-5,7H,6,8H2,2H3,(H,13,14). The second-order valence-corrected chi connectivity index (χ2v) is 3.04. The molecule has 1 rings (SSSR count). The molecule has 4 nitrogen and oxygen atoms in total. The van der Waals surface area contributed by atoms with Gasteiger partial charge < -0.3 is 14.6 Å². The van der Waals surface area contributed by atoms with Crippen LogP contribution in [0.25, 0.3) is 0 Å². The number of carbonyl (C=O) groups is 1. The molecule has 0 atom stereocenters. The zero-order valence-electron chi connectivity index (χ0n) is 8.90. The van der Waals surface area contributed by atoms with Crippen LogP contribution >= 0.6 is 0 Å². The molecule has 16 heavy (non-hydrogen) atoms. The van der Waals surface area contributed by atoms with E-state index in [2.05, 4.69) is 5.92 Å². The van der Waals surface area contributed by atoms with Crippen LogP contribution in [-0.2, 0) is 11.3 Å². The van der Waals surface area contributed by atoms with Gasteiger partial charge in [-0.3, -0.25) is 0 Å². The van der Waals surface area contributed by atoms with Gasteiger partial charge in [0.25, 0.3) is 0 Å². The summed E-state index contributed by atoms with van der Waals surface area (Å²) in [7, 11) is 1.42. The van der Waals surface area contributed by atoms with Crippen LogP contribution < -0.4 is 4.74 Å². The lowest BCUT2D eigenvalue weighted by Crippen LogP contribution is -2.02. The largest absolute Gasteiger partial charge is 0.496 e. The first-order valence-corrected chi connectivity index (χ1v) is 4.60. The molecule has 84 valence electrons. The summed E-state index contributed by atoms with van der Waals surface area (Å²) in [6, 6.07) is 4.78. The number of methoxy groups -OCH3 is 1. The SMILES string of the molecule is C#CCOCc1ccc(C(=O)O)c(OC)c1. The Labute approximate surface area is 93.8 Å². The molecular weight excluding hydrogens is 208 g/mol. The summed E-state index contributed by atoms with van der Waals surface area (Å²) in [4.78, 5) is 10.8. The molecule has 0 radical (unpaired) electrons. The Morgan fingerprint density at radius 3 is 2.88 bits per heavy atom. The van der Waals surface area contributed by atoms with Crippen molar-refractivity contribution in [3.05, 3.63) is 29.3 Å². The van der Waals surface area contributed by atoms with Gasteiger partial charge in [0.2, 0.25) is 0 Å². The van der Waals surface area contributed by atoms with Gasteiger partial charge in [-0.25, -0.2) is 4.79 Å². The lowest BCUT2D eigenvalue weighted by atomic mass is 10.1. The molecular formula is C12H12O4. The summed E-state index contributed by atoms with van der Waals surface area (Å²) >= 11 is 0. The first-order chi connectivity index (χ1) is 7.69. The van der Waals surface area contributed by atoms with Gasteiger partial charge in [-0.05, 0) is 17.7 Å². The number of aromatic carboxylic acids is 1. The number of ether oxygens (including phenoxy) is 2. The van der Waals surface area contributed by atoms with Gasteiger partial charge >= 0.3 is 5.97 Å². The second kappa shape index (κ2) is 5.79. The fourth-order valence-electron chi connectivity index (χ4n) is 1.23. The number of hydrogen-bond acceptors (Lipinski definition) is 3. The van der Waals surface area contributed by atoms with Gasteiger partial charge in [0, 0.05) is 0 Å². The van der Waals surface area contributed by atoms with Crippen molar-refractivity contribution < 1.29 is 19.4 Å². The van der Waals surface area contributed by atoms with Gasteiger partial charge in [-0.1, -0.05) is 12.0 Å². The molecule has 0 aliphatic carbocycles. The maximum Gasteiger partial charge on any atom is 0.339 e. The van der Waals surface area contributed by atoms with Gasteiger partial charge in [0.1, 0.15) is 17.9 Å². The van der Waals surface area contributed by atoms with E-state index >= 15 is 0 Å². The topological polar surface area (TPSA) is 55.8 Å². The lowest BCUT2D eigenvalue weighted by molar-refractivity contribution is 0.0693. The van der Waals surface area contributed by atoms with Crippen molar-refractivity contribution in [2.24, 2.45) is 0 Å². The maximum atomic E-state index is 10.8. The van der Waals surface area contributed by atoms with E-state index < -0.39 is 5.97 Å². The number of carboxylic acid groups (broad SMARTS) is 1. The number of carboxylic acids is 1. The first kappa shape index (κ1) is 12.1. The van der Waals surface area contributed by atoms with Crippen molar-refractivity contribution in [1.82, 2.24) is 0 Å². The summed E-state index contributed by atoms with van der Waals surface area (Å²) in [6.07, 6.45) is 5.04. The smallest absolute Gasteiger partial charge is 0.339 e. The van der Waals surface area contributed by atoms with E-state index in [0.717, 1.165) is 5.56 Å². The number of terminal acetylenes is 1. The summed E-state index contributed by atoms with van der Waals surface area (Å²) in [5.74, 6) is 1.64. The van der Waals surface area contributed by atoms with E-state index in [1.807, 2.05) is 0 Å². The highest BCUT2D eigenvalue weighted by atomic mass is 16.5. The Kier molecular flexibility index (Phi) is 4.37. The van der Waals surface area contributed by atoms with Crippen LogP contribution in [0.2, 0.25) is 0 Å². The number of benzene rings is 1. The molecule has 0 aliphatic heterocycles. The third-order valence-electron chi connectivity index (χ3n) is 1.95. The molecule has 0 saturated heterocycles. The van der Waals surface area contributed by atoms with E-state index in [4.69, 9.17) is 21.0 Å². The van der Waals surface area contributed by atoms with Crippen LogP contribution in [-0.4, -0.2) is 24.8 Å². The average Bonchev–Trinajstić information content (AvgIpc) is 2.29. The fraction of sp³-hybridized carbons (Fsp3) is 0.250. The van der Waals surface area contributed by atoms with E-state index in [9.17, 15) is 4.79 Å². The summed E-state index contributed by atoms with van der Waals surface area (Å²) in [6.45, 7) is 0.559. The Balaban J connectivity index is 2.83. The van der Waals surface area contributed by atoms with Crippen molar-refractivity contribution in [3.63, 3.8) is 0 Å². The Morgan fingerprint density at radius 1 is 1.56 bits per heavy atom. The van der Waals surface area contributed by atoms with Crippen molar-refractivity contribution in [1.29, 1.82) is 0 Å². The highest BCUT2D eigenvalue weighted by Gasteiger charge is 2.10. The van der Waals surface area contributed by atoms with Crippen LogP contribution in [0.3, 0.4) is 0 Å². The van der Waals surface area contributed by atoms with Crippen LogP contribution in [0.15, 0.2) is 18.2 Å². The molecule has 0 unspecified atom stereocenters. The zero-order chi connectivity index (χ0) is 12.0. The first-order valence-electron chi connectivity index (χ1n) is 4.60. The molecule has 0 saturated carbocycles. The van der Waals surface area contributed by atoms with E-state index in [1.165, 1.54) is 13.2 Å². The minimum absolute atomic E-state index is 0.128. The molecule has 1 N–H and O–H groups in total. The Hall–Kier alpha value is -1.99. The van der Waals surface area contributed by atoms with Crippen LogP contribution in [0.4, 0.5) is 0 Å². The van der Waals surface area contributed by atoms with Gasteiger partial charge in [-0.2, -0.15) is 0 Å². The van der Waals surface area contributed by atoms with E-state index in [0.29, 0.717) is 12.4 Å². The molecule has 0 aromatic heterocycles. The summed E-state index contributed by atoms with van der Waals surface area (Å²) in [5, 5.41) is 8.86. The average molecular weight is 220 g/mol. The van der Waals surface area contributed by atoms with E-state index in [-0.39, 0.29) is 12.2 Å². The molecule has 1 aromatic carbocycles. The Bertz CT molecular complexity index is 418.